The number of hydrogen-bond donors (Lipinski definition) is 1. The maximum absolute atomic E-state index is 6.38. The van der Waals surface area contributed by atoms with Crippen LogP contribution in [-0.2, 0) is 4.74 Å². The lowest BCUT2D eigenvalue weighted by Gasteiger charge is -2.26. The van der Waals surface area contributed by atoms with Crippen LogP contribution in [0.1, 0.15) is 52.1 Å². The van der Waals surface area contributed by atoms with Crippen molar-refractivity contribution in [2.24, 2.45) is 5.73 Å². The van der Waals surface area contributed by atoms with Gasteiger partial charge in [-0.1, -0.05) is 31.5 Å². The summed E-state index contributed by atoms with van der Waals surface area (Å²) in [6.07, 6.45) is 2.22. The highest BCUT2D eigenvalue weighted by Crippen LogP contribution is 2.29. The molecule has 2 N–H and O–H groups in total. The summed E-state index contributed by atoms with van der Waals surface area (Å²) in [5.74, 6) is 0.866. The minimum absolute atomic E-state index is 0.0481. The molecule has 1 rings (SSSR count). The summed E-state index contributed by atoms with van der Waals surface area (Å²) >= 11 is 0. The van der Waals surface area contributed by atoms with Gasteiger partial charge in [0.05, 0.1) is 18.2 Å². The Morgan fingerprint density at radius 1 is 1.16 bits per heavy atom. The van der Waals surface area contributed by atoms with Crippen LogP contribution in [0.3, 0.4) is 0 Å². The Hall–Kier alpha value is -1.06. The first-order chi connectivity index (χ1) is 9.10. The minimum Gasteiger partial charge on any atom is -0.491 e. The number of nitrogens with two attached hydrogens (primary N) is 1. The molecule has 3 heteroatoms. The van der Waals surface area contributed by atoms with E-state index in [1.165, 1.54) is 0 Å². The van der Waals surface area contributed by atoms with E-state index in [1.54, 1.807) is 0 Å². The van der Waals surface area contributed by atoms with Crippen molar-refractivity contribution in [3.63, 3.8) is 0 Å². The molecule has 19 heavy (non-hydrogen) atoms. The summed E-state index contributed by atoms with van der Waals surface area (Å²) in [4.78, 5) is 0. The Kier molecular flexibility index (Phi) is 6.89. The Labute approximate surface area is 117 Å². The smallest absolute Gasteiger partial charge is 0.124 e. The van der Waals surface area contributed by atoms with E-state index in [4.69, 9.17) is 15.2 Å². The number of rotatable bonds is 8. The van der Waals surface area contributed by atoms with Crippen LogP contribution < -0.4 is 10.5 Å². The molecule has 0 saturated heterocycles. The van der Waals surface area contributed by atoms with Gasteiger partial charge in [0.15, 0.2) is 0 Å². The Bertz CT molecular complexity index is 360. The first kappa shape index (κ1) is 16.0. The Morgan fingerprint density at radius 3 is 2.42 bits per heavy atom. The highest BCUT2D eigenvalue weighted by Gasteiger charge is 2.22. The van der Waals surface area contributed by atoms with E-state index in [2.05, 4.69) is 6.92 Å². The average Bonchev–Trinajstić information content (AvgIpc) is 2.38. The highest BCUT2D eigenvalue weighted by molar-refractivity contribution is 5.36. The van der Waals surface area contributed by atoms with Crippen molar-refractivity contribution in [1.82, 2.24) is 0 Å². The monoisotopic (exact) mass is 265 g/mol. The third-order valence-electron chi connectivity index (χ3n) is 3.00. The van der Waals surface area contributed by atoms with Crippen LogP contribution in [0.25, 0.3) is 0 Å². The second-order valence-corrected chi connectivity index (χ2v) is 5.01. The van der Waals surface area contributed by atoms with Gasteiger partial charge in [0, 0.05) is 12.2 Å². The predicted molar refractivity (Wildman–Crippen MR) is 79.5 cm³/mol. The summed E-state index contributed by atoms with van der Waals surface area (Å²) in [7, 11) is 0. The molecule has 0 aromatic heterocycles. The molecule has 0 aliphatic carbocycles. The van der Waals surface area contributed by atoms with E-state index < -0.39 is 0 Å². The van der Waals surface area contributed by atoms with Gasteiger partial charge in [0.1, 0.15) is 5.75 Å². The van der Waals surface area contributed by atoms with Crippen LogP contribution in [0.15, 0.2) is 24.3 Å². The second kappa shape index (κ2) is 8.18. The van der Waals surface area contributed by atoms with Crippen molar-refractivity contribution in [3.8, 4) is 5.75 Å². The molecule has 0 radical (unpaired) electrons. The van der Waals surface area contributed by atoms with E-state index in [0.717, 1.165) is 24.2 Å². The van der Waals surface area contributed by atoms with E-state index in [0.29, 0.717) is 6.61 Å². The molecule has 2 unspecified atom stereocenters. The lowest BCUT2D eigenvalue weighted by atomic mass is 9.98. The quantitative estimate of drug-likeness (QED) is 0.780. The fourth-order valence-corrected chi connectivity index (χ4v) is 2.18. The number of para-hydroxylation sites is 1. The molecule has 2 atom stereocenters. The average molecular weight is 265 g/mol. The van der Waals surface area contributed by atoms with Crippen molar-refractivity contribution in [3.05, 3.63) is 29.8 Å². The molecule has 1 aromatic rings. The maximum Gasteiger partial charge on any atom is 0.124 e. The SMILES string of the molecule is CCCC(OCC)C(N)c1ccccc1OC(C)C. The van der Waals surface area contributed by atoms with Gasteiger partial charge in [-0.05, 0) is 33.3 Å². The number of hydrogen-bond acceptors (Lipinski definition) is 3. The minimum atomic E-state index is -0.144. The number of benzene rings is 1. The zero-order valence-electron chi connectivity index (χ0n) is 12.6. The molecular formula is C16H27NO2. The Morgan fingerprint density at radius 2 is 1.84 bits per heavy atom. The molecule has 108 valence electrons. The summed E-state index contributed by atoms with van der Waals surface area (Å²) in [6, 6.07) is 7.84. The molecular weight excluding hydrogens is 238 g/mol. The summed E-state index contributed by atoms with van der Waals surface area (Å²) < 4.78 is 11.6. The van der Waals surface area contributed by atoms with Gasteiger partial charge < -0.3 is 15.2 Å². The molecule has 3 nitrogen and oxygen atoms in total. The second-order valence-electron chi connectivity index (χ2n) is 5.01. The van der Waals surface area contributed by atoms with Gasteiger partial charge in [-0.2, -0.15) is 0 Å². The van der Waals surface area contributed by atoms with Gasteiger partial charge in [-0.15, -0.1) is 0 Å². The van der Waals surface area contributed by atoms with Gasteiger partial charge in [-0.25, -0.2) is 0 Å². The summed E-state index contributed by atoms with van der Waals surface area (Å²) in [5, 5.41) is 0. The lowest BCUT2D eigenvalue weighted by molar-refractivity contribution is 0.0365. The van der Waals surface area contributed by atoms with E-state index in [1.807, 2.05) is 45.0 Å². The largest absolute Gasteiger partial charge is 0.491 e. The summed E-state index contributed by atoms with van der Waals surface area (Å²) in [6.45, 7) is 8.88. The molecule has 0 fully saturated rings. The normalized spacial score (nSPS) is 14.4. The Balaban J connectivity index is 2.92. The van der Waals surface area contributed by atoms with Gasteiger partial charge in [-0.3, -0.25) is 0 Å². The van der Waals surface area contributed by atoms with Crippen molar-refractivity contribution >= 4 is 0 Å². The third kappa shape index (κ3) is 4.84. The van der Waals surface area contributed by atoms with Crippen molar-refractivity contribution in [1.29, 1.82) is 0 Å². The van der Waals surface area contributed by atoms with Crippen LogP contribution in [0.5, 0.6) is 5.75 Å². The fourth-order valence-electron chi connectivity index (χ4n) is 2.18. The standard InChI is InChI=1S/C16H27NO2/c1-5-9-15(18-6-2)16(17)13-10-7-8-11-14(13)19-12(3)4/h7-8,10-12,15-16H,5-6,9,17H2,1-4H3. The fraction of sp³-hybridized carbons (Fsp3) is 0.625. The van der Waals surface area contributed by atoms with Gasteiger partial charge in [0.2, 0.25) is 0 Å². The topological polar surface area (TPSA) is 44.5 Å². The first-order valence-electron chi connectivity index (χ1n) is 7.22. The molecule has 0 aliphatic rings. The molecule has 0 amide bonds. The molecule has 1 aromatic carbocycles. The number of ether oxygens (including phenoxy) is 2. The van der Waals surface area contributed by atoms with Crippen molar-refractivity contribution < 1.29 is 9.47 Å². The molecule has 0 bridgehead atoms. The van der Waals surface area contributed by atoms with E-state index in [-0.39, 0.29) is 18.2 Å². The molecule has 0 heterocycles. The third-order valence-corrected chi connectivity index (χ3v) is 3.00. The predicted octanol–water partition coefficient (Wildman–Crippen LogP) is 3.68. The summed E-state index contributed by atoms with van der Waals surface area (Å²) in [5.41, 5.74) is 7.41. The molecule has 0 spiro atoms. The van der Waals surface area contributed by atoms with E-state index in [9.17, 15) is 0 Å². The zero-order valence-corrected chi connectivity index (χ0v) is 12.6. The van der Waals surface area contributed by atoms with Crippen LogP contribution in [0.4, 0.5) is 0 Å². The van der Waals surface area contributed by atoms with Gasteiger partial charge in [0.25, 0.3) is 0 Å². The highest BCUT2D eigenvalue weighted by atomic mass is 16.5. The van der Waals surface area contributed by atoms with Crippen LogP contribution >= 0.6 is 0 Å². The molecule has 0 saturated carbocycles. The van der Waals surface area contributed by atoms with Crippen LogP contribution in [0.2, 0.25) is 0 Å². The van der Waals surface area contributed by atoms with E-state index >= 15 is 0 Å². The molecule has 0 aliphatic heterocycles. The van der Waals surface area contributed by atoms with Crippen molar-refractivity contribution in [2.45, 2.75) is 58.8 Å². The zero-order chi connectivity index (χ0) is 14.3. The lowest BCUT2D eigenvalue weighted by Crippen LogP contribution is -2.29. The maximum atomic E-state index is 6.38. The first-order valence-corrected chi connectivity index (χ1v) is 7.22. The van der Waals surface area contributed by atoms with Crippen LogP contribution in [-0.4, -0.2) is 18.8 Å². The van der Waals surface area contributed by atoms with Crippen molar-refractivity contribution in [2.75, 3.05) is 6.61 Å². The van der Waals surface area contributed by atoms with Crippen LogP contribution in [0, 0.1) is 0 Å². The van der Waals surface area contributed by atoms with Gasteiger partial charge >= 0.3 is 0 Å².